The van der Waals surface area contributed by atoms with Crippen LogP contribution in [0.3, 0.4) is 0 Å². The molecule has 96 valence electrons. The summed E-state index contributed by atoms with van der Waals surface area (Å²) in [5.74, 6) is 0. The zero-order valence-corrected chi connectivity index (χ0v) is 12.7. The van der Waals surface area contributed by atoms with Crippen molar-refractivity contribution >= 4 is 28.4 Å². The smallest absolute Gasteiger partial charge is 0.0226 e. The normalized spacial score (nSPS) is 12.9. The lowest BCUT2D eigenvalue weighted by Gasteiger charge is -2.00. The molecule has 0 amide bonds. The minimum atomic E-state index is 0. The maximum absolute atomic E-state index is 2.77. The van der Waals surface area contributed by atoms with E-state index in [4.69, 9.17) is 0 Å². The second-order valence-corrected chi connectivity index (χ2v) is 6.54. The molecule has 1 nitrogen and oxygen atoms in total. The Balaban J connectivity index is 0.000000278. The van der Waals surface area contributed by atoms with Crippen molar-refractivity contribution < 1.29 is 0 Å². The molecule has 2 aromatic rings. The Bertz CT molecular complexity index is 389. The van der Waals surface area contributed by atoms with E-state index in [1.165, 1.54) is 23.5 Å². The summed E-state index contributed by atoms with van der Waals surface area (Å²) in [7, 11) is 3.55. The van der Waals surface area contributed by atoms with Crippen molar-refractivity contribution in [3.63, 3.8) is 0 Å². The zero-order valence-electron chi connectivity index (χ0n) is 10.5. The highest BCUT2D eigenvalue weighted by Gasteiger charge is 2.13. The molecule has 3 rings (SSSR count). The predicted molar refractivity (Wildman–Crippen MR) is 88.2 cm³/mol. The van der Waals surface area contributed by atoms with E-state index in [9.17, 15) is 0 Å². The van der Waals surface area contributed by atoms with E-state index in [0.717, 1.165) is 14.2 Å². The SMILES string of the molecule is N.PC1CC1.c1ccc(Pc2ccccc2)cc1. The first-order valence-corrected chi connectivity index (χ1v) is 7.64. The number of rotatable bonds is 2. The molecule has 0 aliphatic heterocycles. The van der Waals surface area contributed by atoms with Gasteiger partial charge in [-0.25, -0.2) is 0 Å². The molecule has 0 saturated heterocycles. The standard InChI is InChI=1S/C12H11P.C3H7P.H3N/c1-3-7-11(8-4-1)13-12-9-5-2-6-10-12;4-3-1-2-3;/h1-10,13H;3H,1-2,4H2;1H3. The highest BCUT2D eigenvalue weighted by atomic mass is 31.1. The lowest BCUT2D eigenvalue weighted by molar-refractivity contribution is 1.50. The van der Waals surface area contributed by atoms with Gasteiger partial charge in [-0.15, -0.1) is 9.24 Å². The summed E-state index contributed by atoms with van der Waals surface area (Å²) in [6, 6.07) is 21.2. The third kappa shape index (κ3) is 6.26. The van der Waals surface area contributed by atoms with Gasteiger partial charge in [0, 0.05) is 0 Å². The number of hydrogen-bond acceptors (Lipinski definition) is 1. The van der Waals surface area contributed by atoms with Crippen LogP contribution < -0.4 is 16.8 Å². The minimum absolute atomic E-state index is 0. The summed E-state index contributed by atoms with van der Waals surface area (Å²) in [5.41, 5.74) is 1.00. The van der Waals surface area contributed by atoms with E-state index in [1.54, 1.807) is 0 Å². The van der Waals surface area contributed by atoms with Crippen LogP contribution >= 0.6 is 17.8 Å². The molecule has 1 fully saturated rings. The first kappa shape index (κ1) is 15.3. The van der Waals surface area contributed by atoms with Gasteiger partial charge in [-0.1, -0.05) is 69.2 Å². The van der Waals surface area contributed by atoms with Gasteiger partial charge in [0.1, 0.15) is 0 Å². The van der Waals surface area contributed by atoms with Crippen molar-refractivity contribution in [2.75, 3.05) is 0 Å². The molecule has 0 bridgehead atoms. The third-order valence-electron chi connectivity index (χ3n) is 2.46. The molecule has 3 heteroatoms. The van der Waals surface area contributed by atoms with Crippen molar-refractivity contribution in [2.45, 2.75) is 18.5 Å². The molecule has 0 aromatic heterocycles. The number of benzene rings is 2. The summed E-state index contributed by atoms with van der Waals surface area (Å²) >= 11 is 0. The van der Waals surface area contributed by atoms with Gasteiger partial charge in [-0.05, 0) is 29.1 Å². The van der Waals surface area contributed by atoms with Crippen LogP contribution in [0.2, 0.25) is 0 Å². The Morgan fingerprint density at radius 1 is 0.778 bits per heavy atom. The van der Waals surface area contributed by atoms with E-state index < -0.39 is 0 Å². The summed E-state index contributed by atoms with van der Waals surface area (Å²) in [4.78, 5) is 0. The van der Waals surface area contributed by atoms with Crippen LogP contribution in [-0.2, 0) is 0 Å². The summed E-state index contributed by atoms with van der Waals surface area (Å²) in [6.45, 7) is 0. The van der Waals surface area contributed by atoms with Crippen LogP contribution in [0.5, 0.6) is 0 Å². The van der Waals surface area contributed by atoms with E-state index in [-0.39, 0.29) is 6.15 Å². The molecule has 1 saturated carbocycles. The molecule has 2 aromatic carbocycles. The Morgan fingerprint density at radius 3 is 1.39 bits per heavy atom. The maximum atomic E-state index is 2.77. The van der Waals surface area contributed by atoms with Crippen LogP contribution in [0, 0.1) is 0 Å². The predicted octanol–water partition coefficient (Wildman–Crippen LogP) is 3.50. The lowest BCUT2D eigenvalue weighted by Crippen LogP contribution is -2.01. The molecule has 1 atom stereocenters. The second kappa shape index (κ2) is 8.38. The molecule has 0 spiro atoms. The Hall–Kier alpha value is -0.740. The molecular weight excluding hydrogens is 256 g/mol. The maximum Gasteiger partial charge on any atom is -0.0226 e. The van der Waals surface area contributed by atoms with Gasteiger partial charge in [0.05, 0.1) is 0 Å². The molecule has 1 unspecified atom stereocenters. The van der Waals surface area contributed by atoms with Crippen molar-refractivity contribution in [3.05, 3.63) is 60.7 Å². The van der Waals surface area contributed by atoms with Gasteiger partial charge in [0.15, 0.2) is 0 Å². The lowest BCUT2D eigenvalue weighted by atomic mass is 10.4. The highest BCUT2D eigenvalue weighted by Crippen LogP contribution is 2.27. The average Bonchev–Trinajstić information content (AvgIpc) is 3.15. The van der Waals surface area contributed by atoms with Crippen LogP contribution in [0.25, 0.3) is 0 Å². The summed E-state index contributed by atoms with van der Waals surface area (Å²) < 4.78 is 0. The second-order valence-electron chi connectivity index (χ2n) is 4.19. The molecule has 1 aliphatic rings. The summed E-state index contributed by atoms with van der Waals surface area (Å²) in [5, 5.41) is 2.79. The average molecular weight is 277 g/mol. The van der Waals surface area contributed by atoms with Crippen molar-refractivity contribution in [3.8, 4) is 0 Å². The van der Waals surface area contributed by atoms with Gasteiger partial charge >= 0.3 is 0 Å². The summed E-state index contributed by atoms with van der Waals surface area (Å²) in [6.07, 6.45) is 2.90. The fourth-order valence-electron chi connectivity index (χ4n) is 1.31. The highest BCUT2D eigenvalue weighted by molar-refractivity contribution is 7.55. The number of hydrogen-bond donors (Lipinski definition) is 1. The molecule has 3 N–H and O–H groups in total. The van der Waals surface area contributed by atoms with E-state index in [2.05, 4.69) is 69.9 Å². The first-order chi connectivity index (χ1) is 8.34. The molecule has 1 aliphatic carbocycles. The van der Waals surface area contributed by atoms with Gasteiger partial charge in [-0.2, -0.15) is 0 Å². The van der Waals surface area contributed by atoms with Crippen LogP contribution in [0.4, 0.5) is 0 Å². The Kier molecular flexibility index (Phi) is 7.13. The Labute approximate surface area is 114 Å². The van der Waals surface area contributed by atoms with Gasteiger partial charge in [-0.3, -0.25) is 0 Å². The van der Waals surface area contributed by atoms with Crippen molar-refractivity contribution in [1.29, 1.82) is 0 Å². The van der Waals surface area contributed by atoms with E-state index in [0.29, 0.717) is 0 Å². The fourth-order valence-corrected chi connectivity index (χ4v) is 2.55. The van der Waals surface area contributed by atoms with Crippen LogP contribution in [-0.4, -0.2) is 5.66 Å². The quantitative estimate of drug-likeness (QED) is 0.838. The molecule has 0 heterocycles. The molecule has 0 radical (unpaired) electrons. The monoisotopic (exact) mass is 277 g/mol. The van der Waals surface area contributed by atoms with Gasteiger partial charge in [0.2, 0.25) is 0 Å². The first-order valence-electron chi connectivity index (χ1n) is 5.97. The molecular formula is C15H21NP2. The minimum Gasteiger partial charge on any atom is -0.344 e. The molecule has 18 heavy (non-hydrogen) atoms. The third-order valence-corrected chi connectivity index (χ3v) is 4.37. The van der Waals surface area contributed by atoms with Gasteiger partial charge in [0.25, 0.3) is 0 Å². The van der Waals surface area contributed by atoms with E-state index in [1.807, 2.05) is 0 Å². The van der Waals surface area contributed by atoms with Gasteiger partial charge < -0.3 is 6.15 Å². The van der Waals surface area contributed by atoms with Crippen molar-refractivity contribution in [2.24, 2.45) is 0 Å². The topological polar surface area (TPSA) is 35.0 Å². The fraction of sp³-hybridized carbons (Fsp3) is 0.200. The largest absolute Gasteiger partial charge is 0.344 e. The van der Waals surface area contributed by atoms with Crippen LogP contribution in [0.1, 0.15) is 12.8 Å². The van der Waals surface area contributed by atoms with E-state index >= 15 is 0 Å². The zero-order chi connectivity index (χ0) is 11.9. The Morgan fingerprint density at radius 2 is 1.11 bits per heavy atom. The van der Waals surface area contributed by atoms with Crippen LogP contribution in [0.15, 0.2) is 60.7 Å². The van der Waals surface area contributed by atoms with Crippen molar-refractivity contribution in [1.82, 2.24) is 6.15 Å².